The number of amides is 2. The number of aliphatic hydroxyl groups is 1. The number of likely N-dealkylation sites (tertiary alicyclic amines) is 3. The molecule has 1 atom stereocenters. The quantitative estimate of drug-likeness (QED) is 0.871. The number of rotatable bonds is 3. The van der Waals surface area contributed by atoms with E-state index in [0.717, 1.165) is 58.3 Å². The van der Waals surface area contributed by atoms with Gasteiger partial charge in [-0.05, 0) is 44.2 Å². The third-order valence-electron chi connectivity index (χ3n) is 6.25. The van der Waals surface area contributed by atoms with Gasteiger partial charge >= 0.3 is 0 Å². The molecule has 27 heavy (non-hydrogen) atoms. The highest BCUT2D eigenvalue weighted by atomic mass is 16.3. The molecule has 0 saturated carbocycles. The van der Waals surface area contributed by atoms with E-state index in [0.29, 0.717) is 18.2 Å². The van der Waals surface area contributed by atoms with Crippen molar-refractivity contribution in [2.75, 3.05) is 32.7 Å². The van der Waals surface area contributed by atoms with Crippen LogP contribution in [-0.4, -0.2) is 82.5 Å². The average Bonchev–Trinajstić information content (AvgIpc) is 2.71. The molecule has 4 rings (SSSR count). The van der Waals surface area contributed by atoms with E-state index < -0.39 is 0 Å². The molecule has 1 unspecified atom stereocenters. The van der Waals surface area contributed by atoms with Gasteiger partial charge in [0.25, 0.3) is 5.91 Å². The van der Waals surface area contributed by atoms with E-state index in [1.807, 2.05) is 35.2 Å². The fourth-order valence-electron chi connectivity index (χ4n) is 4.63. The van der Waals surface area contributed by atoms with Gasteiger partial charge < -0.3 is 14.9 Å². The fourth-order valence-corrected chi connectivity index (χ4v) is 4.63. The summed E-state index contributed by atoms with van der Waals surface area (Å²) in [5, 5.41) is 9.49. The van der Waals surface area contributed by atoms with E-state index in [1.54, 1.807) is 4.90 Å². The van der Waals surface area contributed by atoms with Crippen LogP contribution in [0, 0.1) is 0 Å². The molecule has 0 spiro atoms. The first kappa shape index (κ1) is 18.4. The summed E-state index contributed by atoms with van der Waals surface area (Å²) in [5.74, 6) is 0.0826. The molecule has 3 aliphatic heterocycles. The maximum absolute atomic E-state index is 13.2. The number of hydrogen-bond donors (Lipinski definition) is 1. The third kappa shape index (κ3) is 3.87. The van der Waals surface area contributed by atoms with Gasteiger partial charge in [-0.2, -0.15) is 0 Å². The van der Waals surface area contributed by atoms with E-state index in [4.69, 9.17) is 0 Å². The average molecular weight is 371 g/mol. The molecular weight excluding hydrogens is 342 g/mol. The summed E-state index contributed by atoms with van der Waals surface area (Å²) >= 11 is 0. The Morgan fingerprint density at radius 3 is 2.30 bits per heavy atom. The topological polar surface area (TPSA) is 64.1 Å². The molecule has 6 nitrogen and oxygen atoms in total. The molecule has 0 aromatic heterocycles. The summed E-state index contributed by atoms with van der Waals surface area (Å²) in [4.78, 5) is 32.2. The van der Waals surface area contributed by atoms with Gasteiger partial charge in [0.05, 0.1) is 6.10 Å². The second-order valence-electron chi connectivity index (χ2n) is 8.04. The van der Waals surface area contributed by atoms with Crippen LogP contribution in [0.5, 0.6) is 0 Å². The third-order valence-corrected chi connectivity index (χ3v) is 6.25. The number of carbonyl (C=O) groups excluding carboxylic acids is 2. The first-order valence-electron chi connectivity index (χ1n) is 10.2. The monoisotopic (exact) mass is 371 g/mol. The van der Waals surface area contributed by atoms with Crippen LogP contribution in [0.15, 0.2) is 30.3 Å². The van der Waals surface area contributed by atoms with Crippen LogP contribution >= 0.6 is 0 Å². The van der Waals surface area contributed by atoms with Crippen molar-refractivity contribution in [3.05, 3.63) is 35.9 Å². The largest absolute Gasteiger partial charge is 0.390 e. The molecule has 0 radical (unpaired) electrons. The maximum Gasteiger partial charge on any atom is 0.254 e. The first-order chi connectivity index (χ1) is 13.1. The molecule has 146 valence electrons. The standard InChI is InChI=1S/C21H29N3O3/c25-18-14-23(15-18)17-9-12-22(13-10-17)21(27)19-8-4-5-11-24(19)20(26)16-6-2-1-3-7-16/h1-3,6-7,17-19,25H,4-5,8-15H2. The van der Waals surface area contributed by atoms with E-state index in [-0.39, 0.29) is 24.0 Å². The SMILES string of the molecule is O=C(C1CCCCN1C(=O)c1ccccc1)N1CCC(N2CC(O)C2)CC1. The molecule has 3 aliphatic rings. The summed E-state index contributed by atoms with van der Waals surface area (Å²) in [5.41, 5.74) is 0.659. The number of hydrogen-bond acceptors (Lipinski definition) is 4. The number of β-amino-alcohol motifs (C(OH)–C–C–N with tert-alkyl or cyclic N) is 1. The summed E-state index contributed by atoms with van der Waals surface area (Å²) in [6.45, 7) is 3.69. The van der Waals surface area contributed by atoms with Gasteiger partial charge in [0, 0.05) is 44.3 Å². The Hall–Kier alpha value is -1.92. The van der Waals surface area contributed by atoms with Gasteiger partial charge in [0.1, 0.15) is 6.04 Å². The smallest absolute Gasteiger partial charge is 0.254 e. The van der Waals surface area contributed by atoms with E-state index in [1.165, 1.54) is 0 Å². The second-order valence-corrected chi connectivity index (χ2v) is 8.04. The molecule has 1 aromatic carbocycles. The van der Waals surface area contributed by atoms with Gasteiger partial charge in [-0.3, -0.25) is 14.5 Å². The Bertz CT molecular complexity index is 667. The van der Waals surface area contributed by atoms with Crippen molar-refractivity contribution in [1.82, 2.24) is 14.7 Å². The minimum absolute atomic E-state index is 0.0295. The van der Waals surface area contributed by atoms with Crippen molar-refractivity contribution in [3.8, 4) is 0 Å². The van der Waals surface area contributed by atoms with Crippen molar-refractivity contribution in [3.63, 3.8) is 0 Å². The highest BCUT2D eigenvalue weighted by Crippen LogP contribution is 2.25. The van der Waals surface area contributed by atoms with Gasteiger partial charge in [0.15, 0.2) is 0 Å². The molecule has 3 saturated heterocycles. The second kappa shape index (κ2) is 7.98. The van der Waals surface area contributed by atoms with Gasteiger partial charge in [-0.1, -0.05) is 18.2 Å². The zero-order chi connectivity index (χ0) is 18.8. The Morgan fingerprint density at radius 2 is 1.63 bits per heavy atom. The lowest BCUT2D eigenvalue weighted by atomic mass is 9.96. The summed E-state index contributed by atoms with van der Waals surface area (Å²) in [7, 11) is 0. The van der Waals surface area contributed by atoms with Gasteiger partial charge in [-0.15, -0.1) is 0 Å². The van der Waals surface area contributed by atoms with E-state index in [2.05, 4.69) is 4.90 Å². The summed E-state index contributed by atoms with van der Waals surface area (Å²) in [6, 6.07) is 9.44. The lowest BCUT2D eigenvalue weighted by molar-refractivity contribution is -0.139. The van der Waals surface area contributed by atoms with Crippen LogP contribution in [0.2, 0.25) is 0 Å². The lowest BCUT2D eigenvalue weighted by Crippen LogP contribution is -2.59. The van der Waals surface area contributed by atoms with Gasteiger partial charge in [-0.25, -0.2) is 0 Å². The van der Waals surface area contributed by atoms with Crippen molar-refractivity contribution < 1.29 is 14.7 Å². The Labute approximate surface area is 160 Å². The van der Waals surface area contributed by atoms with E-state index in [9.17, 15) is 14.7 Å². The van der Waals surface area contributed by atoms with Crippen molar-refractivity contribution in [2.24, 2.45) is 0 Å². The molecule has 2 amide bonds. The maximum atomic E-state index is 13.2. The van der Waals surface area contributed by atoms with Crippen LogP contribution < -0.4 is 0 Å². The first-order valence-corrected chi connectivity index (χ1v) is 10.2. The fraction of sp³-hybridized carbons (Fsp3) is 0.619. The zero-order valence-electron chi connectivity index (χ0n) is 15.8. The van der Waals surface area contributed by atoms with Crippen molar-refractivity contribution >= 4 is 11.8 Å². The lowest BCUT2D eigenvalue weighted by Gasteiger charge is -2.46. The molecule has 1 N–H and O–H groups in total. The Balaban J connectivity index is 1.38. The minimum Gasteiger partial charge on any atom is -0.390 e. The highest BCUT2D eigenvalue weighted by Gasteiger charge is 2.38. The molecule has 3 heterocycles. The summed E-state index contributed by atoms with van der Waals surface area (Å²) < 4.78 is 0. The number of aliphatic hydroxyl groups excluding tert-OH is 1. The van der Waals surface area contributed by atoms with Crippen LogP contribution in [0.3, 0.4) is 0 Å². The molecule has 0 aliphatic carbocycles. The minimum atomic E-state index is -0.325. The van der Waals surface area contributed by atoms with Crippen LogP contribution in [0.4, 0.5) is 0 Å². The molecule has 0 bridgehead atoms. The predicted molar refractivity (Wildman–Crippen MR) is 102 cm³/mol. The Kier molecular flexibility index (Phi) is 5.45. The van der Waals surface area contributed by atoms with Crippen molar-refractivity contribution in [2.45, 2.75) is 50.3 Å². The zero-order valence-corrected chi connectivity index (χ0v) is 15.8. The molecule has 6 heteroatoms. The number of piperidine rings is 2. The van der Waals surface area contributed by atoms with E-state index >= 15 is 0 Å². The van der Waals surface area contributed by atoms with Crippen LogP contribution in [-0.2, 0) is 4.79 Å². The van der Waals surface area contributed by atoms with Crippen LogP contribution in [0.1, 0.15) is 42.5 Å². The molecule has 1 aromatic rings. The molecular formula is C21H29N3O3. The van der Waals surface area contributed by atoms with Gasteiger partial charge in [0.2, 0.25) is 5.91 Å². The Morgan fingerprint density at radius 1 is 0.926 bits per heavy atom. The molecule has 3 fully saturated rings. The van der Waals surface area contributed by atoms with Crippen molar-refractivity contribution in [1.29, 1.82) is 0 Å². The van der Waals surface area contributed by atoms with Crippen LogP contribution in [0.25, 0.3) is 0 Å². The predicted octanol–water partition coefficient (Wildman–Crippen LogP) is 1.35. The number of benzene rings is 1. The normalized spacial score (nSPS) is 25.3. The summed E-state index contributed by atoms with van der Waals surface area (Å²) in [6.07, 6.45) is 4.45. The number of carbonyl (C=O) groups is 2. The number of nitrogens with zero attached hydrogens (tertiary/aromatic N) is 3. The highest BCUT2D eigenvalue weighted by molar-refractivity contribution is 5.97.